The van der Waals surface area contributed by atoms with Crippen molar-refractivity contribution in [3.8, 4) is 0 Å². The smallest absolute Gasteiger partial charge is 0.0208 e. The monoisotopic (exact) mass is 146 g/mol. The van der Waals surface area contributed by atoms with Gasteiger partial charge >= 0.3 is 0 Å². The third kappa shape index (κ3) is 1.16. The Labute approximate surface area is 67.4 Å². The molecule has 0 atom stereocenters. The molecular formula is C10H12N. The van der Waals surface area contributed by atoms with Gasteiger partial charge in [-0.2, -0.15) is 0 Å². The van der Waals surface area contributed by atoms with Gasteiger partial charge in [-0.25, -0.2) is 0 Å². The minimum absolute atomic E-state index is 1.01. The molecule has 1 radical (unpaired) electrons. The molecule has 0 aliphatic carbocycles. The summed E-state index contributed by atoms with van der Waals surface area (Å²) in [5, 5.41) is 3.34. The van der Waals surface area contributed by atoms with E-state index >= 15 is 0 Å². The van der Waals surface area contributed by atoms with Gasteiger partial charge in [0.1, 0.15) is 0 Å². The van der Waals surface area contributed by atoms with Crippen molar-refractivity contribution < 1.29 is 0 Å². The first-order valence-electron chi connectivity index (χ1n) is 4.01. The SMILES string of the molecule is [CH2]c1cccc2c1CCNC2. The van der Waals surface area contributed by atoms with Crippen LogP contribution in [0, 0.1) is 6.92 Å². The largest absolute Gasteiger partial charge is 0.312 e. The molecular weight excluding hydrogens is 134 g/mol. The molecule has 0 fully saturated rings. The van der Waals surface area contributed by atoms with Crippen LogP contribution in [0.2, 0.25) is 0 Å². The first kappa shape index (κ1) is 6.86. The molecule has 11 heavy (non-hydrogen) atoms. The summed E-state index contributed by atoms with van der Waals surface area (Å²) in [6, 6.07) is 6.34. The Hall–Kier alpha value is -0.820. The Kier molecular flexibility index (Phi) is 1.66. The molecule has 0 aromatic heterocycles. The van der Waals surface area contributed by atoms with Gasteiger partial charge in [-0.1, -0.05) is 18.2 Å². The normalized spacial score (nSPS) is 16.1. The number of hydrogen-bond acceptors (Lipinski definition) is 1. The van der Waals surface area contributed by atoms with Crippen molar-refractivity contribution in [1.29, 1.82) is 0 Å². The van der Waals surface area contributed by atoms with E-state index in [2.05, 4.69) is 30.4 Å². The minimum Gasteiger partial charge on any atom is -0.312 e. The van der Waals surface area contributed by atoms with Gasteiger partial charge in [0.2, 0.25) is 0 Å². The van der Waals surface area contributed by atoms with Crippen molar-refractivity contribution >= 4 is 0 Å². The minimum atomic E-state index is 1.01. The van der Waals surface area contributed by atoms with Crippen LogP contribution in [0.5, 0.6) is 0 Å². The molecule has 0 unspecified atom stereocenters. The number of hydrogen-bond donors (Lipinski definition) is 1. The van der Waals surface area contributed by atoms with E-state index in [0.717, 1.165) is 19.5 Å². The van der Waals surface area contributed by atoms with Gasteiger partial charge < -0.3 is 5.32 Å². The average molecular weight is 146 g/mol. The molecule has 0 amide bonds. The van der Waals surface area contributed by atoms with Crippen molar-refractivity contribution in [3.05, 3.63) is 41.8 Å². The second-order valence-electron chi connectivity index (χ2n) is 2.98. The molecule has 1 aromatic carbocycles. The standard InChI is InChI=1S/C10H12N/c1-8-3-2-4-9-7-11-6-5-10(8)9/h2-4,11H,1,5-7H2. The summed E-state index contributed by atoms with van der Waals surface area (Å²) >= 11 is 0. The molecule has 1 nitrogen and oxygen atoms in total. The van der Waals surface area contributed by atoms with E-state index in [1.165, 1.54) is 16.7 Å². The van der Waals surface area contributed by atoms with Gasteiger partial charge in [-0.05, 0) is 36.6 Å². The molecule has 1 heteroatoms. The van der Waals surface area contributed by atoms with Crippen molar-refractivity contribution in [2.24, 2.45) is 0 Å². The Morgan fingerprint density at radius 3 is 3.09 bits per heavy atom. The first-order chi connectivity index (χ1) is 5.38. The molecule has 1 N–H and O–H groups in total. The lowest BCUT2D eigenvalue weighted by atomic mass is 9.97. The molecule has 0 saturated heterocycles. The first-order valence-corrected chi connectivity index (χ1v) is 4.01. The number of fused-ring (bicyclic) bond motifs is 1. The Morgan fingerprint density at radius 1 is 1.36 bits per heavy atom. The predicted molar refractivity (Wildman–Crippen MR) is 46.3 cm³/mol. The van der Waals surface area contributed by atoms with Crippen LogP contribution < -0.4 is 5.32 Å². The second kappa shape index (κ2) is 2.67. The molecule has 1 aromatic rings. The summed E-state index contributed by atoms with van der Waals surface area (Å²) in [5.74, 6) is 0. The molecule has 0 spiro atoms. The average Bonchev–Trinajstić information content (AvgIpc) is 2.06. The van der Waals surface area contributed by atoms with Crippen LogP contribution in [-0.4, -0.2) is 6.54 Å². The summed E-state index contributed by atoms with van der Waals surface area (Å²) in [4.78, 5) is 0. The van der Waals surface area contributed by atoms with E-state index in [4.69, 9.17) is 0 Å². The fourth-order valence-electron chi connectivity index (χ4n) is 1.61. The summed E-state index contributed by atoms with van der Waals surface area (Å²) < 4.78 is 0. The molecule has 2 rings (SSSR count). The van der Waals surface area contributed by atoms with Crippen LogP contribution in [0.1, 0.15) is 16.7 Å². The van der Waals surface area contributed by atoms with Crippen molar-refractivity contribution in [2.45, 2.75) is 13.0 Å². The quantitative estimate of drug-likeness (QED) is 0.585. The molecule has 1 aliphatic heterocycles. The van der Waals surface area contributed by atoms with Crippen LogP contribution in [0.4, 0.5) is 0 Å². The van der Waals surface area contributed by atoms with Gasteiger partial charge in [0.15, 0.2) is 0 Å². The van der Waals surface area contributed by atoms with E-state index in [1.807, 2.05) is 0 Å². The molecule has 0 saturated carbocycles. The lowest BCUT2D eigenvalue weighted by molar-refractivity contribution is 0.642. The van der Waals surface area contributed by atoms with E-state index in [-0.39, 0.29) is 0 Å². The summed E-state index contributed by atoms with van der Waals surface area (Å²) in [7, 11) is 0. The molecule has 57 valence electrons. The van der Waals surface area contributed by atoms with Crippen LogP contribution in [-0.2, 0) is 13.0 Å². The Bertz CT molecular complexity index is 266. The van der Waals surface area contributed by atoms with Gasteiger partial charge in [0.05, 0.1) is 0 Å². The van der Waals surface area contributed by atoms with Crippen LogP contribution in [0.25, 0.3) is 0 Å². The summed E-state index contributed by atoms with van der Waals surface area (Å²) in [6.45, 7) is 6.12. The number of benzene rings is 1. The lowest BCUT2D eigenvalue weighted by Gasteiger charge is -2.18. The fourth-order valence-corrected chi connectivity index (χ4v) is 1.61. The molecule has 0 bridgehead atoms. The lowest BCUT2D eigenvalue weighted by Crippen LogP contribution is -2.24. The highest BCUT2D eigenvalue weighted by molar-refractivity contribution is 5.38. The van der Waals surface area contributed by atoms with Crippen molar-refractivity contribution in [1.82, 2.24) is 5.32 Å². The van der Waals surface area contributed by atoms with E-state index < -0.39 is 0 Å². The maximum absolute atomic E-state index is 4.01. The zero-order valence-electron chi connectivity index (χ0n) is 6.56. The Balaban J connectivity index is 2.49. The third-order valence-electron chi connectivity index (χ3n) is 2.24. The van der Waals surface area contributed by atoms with E-state index in [9.17, 15) is 0 Å². The molecule has 1 aliphatic rings. The zero-order valence-corrected chi connectivity index (χ0v) is 6.56. The fraction of sp³-hybridized carbons (Fsp3) is 0.300. The predicted octanol–water partition coefficient (Wildman–Crippen LogP) is 1.51. The zero-order chi connectivity index (χ0) is 7.68. The third-order valence-corrected chi connectivity index (χ3v) is 2.24. The van der Waals surface area contributed by atoms with Gasteiger partial charge in [-0.15, -0.1) is 0 Å². The topological polar surface area (TPSA) is 12.0 Å². The maximum Gasteiger partial charge on any atom is 0.0208 e. The maximum atomic E-state index is 4.01. The highest BCUT2D eigenvalue weighted by atomic mass is 14.9. The summed E-state index contributed by atoms with van der Waals surface area (Å²) in [5.41, 5.74) is 4.07. The van der Waals surface area contributed by atoms with Crippen LogP contribution in [0.15, 0.2) is 18.2 Å². The second-order valence-corrected chi connectivity index (χ2v) is 2.98. The van der Waals surface area contributed by atoms with E-state index in [0.29, 0.717) is 0 Å². The molecule has 1 heterocycles. The highest BCUT2D eigenvalue weighted by Gasteiger charge is 2.08. The summed E-state index contributed by atoms with van der Waals surface area (Å²) in [6.07, 6.45) is 1.13. The Morgan fingerprint density at radius 2 is 2.27 bits per heavy atom. The van der Waals surface area contributed by atoms with Gasteiger partial charge in [0.25, 0.3) is 0 Å². The van der Waals surface area contributed by atoms with Crippen LogP contribution in [0.3, 0.4) is 0 Å². The van der Waals surface area contributed by atoms with Gasteiger partial charge in [-0.3, -0.25) is 0 Å². The number of rotatable bonds is 0. The number of nitrogens with one attached hydrogen (secondary N) is 1. The highest BCUT2D eigenvalue weighted by Crippen LogP contribution is 2.16. The van der Waals surface area contributed by atoms with Gasteiger partial charge in [0, 0.05) is 6.54 Å². The van der Waals surface area contributed by atoms with Crippen molar-refractivity contribution in [3.63, 3.8) is 0 Å². The van der Waals surface area contributed by atoms with Crippen molar-refractivity contribution in [2.75, 3.05) is 6.54 Å². The van der Waals surface area contributed by atoms with Crippen LogP contribution >= 0.6 is 0 Å². The van der Waals surface area contributed by atoms with E-state index in [1.54, 1.807) is 0 Å².